The monoisotopic (exact) mass is 389 g/mol. The summed E-state index contributed by atoms with van der Waals surface area (Å²) in [5, 5.41) is 14.5. The molecule has 8 heteroatoms. The number of aliphatic hydroxyl groups is 1. The molecule has 5 rings (SSSR count). The molecule has 29 heavy (non-hydrogen) atoms. The Labute approximate surface area is 168 Å². The molecular weight excluding hydrogens is 366 g/mol. The Morgan fingerprint density at radius 3 is 2.59 bits per heavy atom. The van der Waals surface area contributed by atoms with Crippen molar-refractivity contribution in [1.29, 1.82) is 0 Å². The van der Waals surface area contributed by atoms with E-state index < -0.39 is 6.10 Å². The Morgan fingerprint density at radius 2 is 1.83 bits per heavy atom. The highest BCUT2D eigenvalue weighted by Crippen LogP contribution is 2.54. The number of rotatable bonds is 4. The van der Waals surface area contributed by atoms with Crippen molar-refractivity contribution in [3.05, 3.63) is 59.3 Å². The summed E-state index contributed by atoms with van der Waals surface area (Å²) in [5.41, 5.74) is 3.15. The van der Waals surface area contributed by atoms with Crippen LogP contribution in [0.25, 0.3) is 16.9 Å². The summed E-state index contributed by atoms with van der Waals surface area (Å²) < 4.78 is 3.80. The van der Waals surface area contributed by atoms with Crippen LogP contribution >= 0.6 is 0 Å². The van der Waals surface area contributed by atoms with E-state index in [0.29, 0.717) is 35.1 Å². The molecule has 0 radical (unpaired) electrons. The fourth-order valence-electron chi connectivity index (χ4n) is 4.05. The number of nitrogens with zero attached hydrogens (tertiary/aromatic N) is 7. The van der Waals surface area contributed by atoms with E-state index >= 15 is 0 Å². The maximum Gasteiger partial charge on any atom is 0.162 e. The van der Waals surface area contributed by atoms with Crippen molar-refractivity contribution in [3.63, 3.8) is 0 Å². The Balaban J connectivity index is 1.51. The van der Waals surface area contributed by atoms with Gasteiger partial charge in [-0.25, -0.2) is 19.9 Å². The molecule has 3 aromatic heterocycles. The van der Waals surface area contributed by atoms with Crippen molar-refractivity contribution >= 4 is 11.0 Å². The second-order valence-electron chi connectivity index (χ2n) is 7.77. The molecule has 1 aliphatic rings. The Kier molecular flexibility index (Phi) is 3.99. The van der Waals surface area contributed by atoms with Gasteiger partial charge in [-0.3, -0.25) is 0 Å². The number of hydrogen-bond acceptors (Lipinski definition) is 6. The van der Waals surface area contributed by atoms with Gasteiger partial charge >= 0.3 is 0 Å². The summed E-state index contributed by atoms with van der Waals surface area (Å²) in [6.07, 6.45) is 0.274. The van der Waals surface area contributed by atoms with E-state index in [1.807, 2.05) is 31.2 Å². The van der Waals surface area contributed by atoms with Gasteiger partial charge in [0.15, 0.2) is 11.6 Å². The second kappa shape index (κ2) is 6.45. The van der Waals surface area contributed by atoms with Gasteiger partial charge in [0.2, 0.25) is 0 Å². The summed E-state index contributed by atoms with van der Waals surface area (Å²) in [6, 6.07) is 10.2. The predicted octanol–water partition coefficient (Wildman–Crippen LogP) is 2.89. The lowest BCUT2D eigenvalue weighted by Crippen LogP contribution is -2.10. The van der Waals surface area contributed by atoms with Crippen molar-refractivity contribution in [2.45, 2.75) is 45.1 Å². The normalized spacial score (nSPS) is 19.6. The molecule has 0 saturated heterocycles. The molecule has 1 aromatic carbocycles. The van der Waals surface area contributed by atoms with Gasteiger partial charge in [-0.1, -0.05) is 12.1 Å². The molecule has 1 saturated carbocycles. The van der Waals surface area contributed by atoms with Gasteiger partial charge in [-0.05, 0) is 39.3 Å². The van der Waals surface area contributed by atoms with Crippen LogP contribution in [0.2, 0.25) is 0 Å². The van der Waals surface area contributed by atoms with Crippen molar-refractivity contribution in [2.24, 2.45) is 7.05 Å². The van der Waals surface area contributed by atoms with Crippen LogP contribution in [-0.4, -0.2) is 39.4 Å². The largest absolute Gasteiger partial charge is 0.385 e. The number of aromatic nitrogens is 7. The lowest BCUT2D eigenvalue weighted by molar-refractivity contribution is 0.186. The standard InChI is InChI=1S/C21H23N7O/c1-11(29)20-24-13(3)26-28(20)19-10-17(22-12(2)23-19)14-9-15(14)21-25-16-7-5-6-8-18(16)27(21)4/h5-8,10-11,14-15,29H,9H2,1-4H3/t11-,14+,15?/m0/s1. The van der Waals surface area contributed by atoms with Crippen LogP contribution in [-0.2, 0) is 7.05 Å². The van der Waals surface area contributed by atoms with Gasteiger partial charge in [-0.15, -0.1) is 5.10 Å². The van der Waals surface area contributed by atoms with E-state index in [4.69, 9.17) is 4.98 Å². The topological polar surface area (TPSA) is 94.5 Å². The molecular formula is C21H23N7O. The van der Waals surface area contributed by atoms with Crippen molar-refractivity contribution in [3.8, 4) is 5.82 Å². The van der Waals surface area contributed by atoms with E-state index in [9.17, 15) is 5.11 Å². The average molecular weight is 389 g/mol. The summed E-state index contributed by atoms with van der Waals surface area (Å²) >= 11 is 0. The van der Waals surface area contributed by atoms with Crippen LogP contribution in [0, 0.1) is 13.8 Å². The van der Waals surface area contributed by atoms with E-state index in [1.165, 1.54) is 0 Å². The first-order valence-corrected chi connectivity index (χ1v) is 9.81. The fraction of sp³-hybridized carbons (Fsp3) is 0.381. The molecule has 3 atom stereocenters. The van der Waals surface area contributed by atoms with Gasteiger partial charge < -0.3 is 9.67 Å². The zero-order valence-electron chi connectivity index (χ0n) is 16.9. The molecule has 1 N–H and O–H groups in total. The summed E-state index contributed by atoms with van der Waals surface area (Å²) in [5.74, 6) is 4.12. The van der Waals surface area contributed by atoms with Crippen LogP contribution in [0.15, 0.2) is 30.3 Å². The van der Waals surface area contributed by atoms with Gasteiger partial charge in [0.25, 0.3) is 0 Å². The maximum atomic E-state index is 10.1. The summed E-state index contributed by atoms with van der Waals surface area (Å²) in [7, 11) is 2.07. The van der Waals surface area contributed by atoms with Crippen LogP contribution in [0.5, 0.6) is 0 Å². The van der Waals surface area contributed by atoms with E-state index in [-0.39, 0.29) is 0 Å². The molecule has 3 heterocycles. The Hall–Kier alpha value is -3.13. The quantitative estimate of drug-likeness (QED) is 0.577. The van der Waals surface area contributed by atoms with Crippen molar-refractivity contribution in [1.82, 2.24) is 34.3 Å². The second-order valence-corrected chi connectivity index (χ2v) is 7.77. The van der Waals surface area contributed by atoms with Crippen molar-refractivity contribution in [2.75, 3.05) is 0 Å². The third-order valence-electron chi connectivity index (χ3n) is 5.50. The van der Waals surface area contributed by atoms with Crippen LogP contribution in [0.1, 0.15) is 60.3 Å². The third kappa shape index (κ3) is 3.00. The molecule has 0 aliphatic heterocycles. The number of imidazole rings is 1. The van der Waals surface area contributed by atoms with Gasteiger partial charge in [0.05, 0.1) is 16.7 Å². The highest BCUT2D eigenvalue weighted by Gasteiger charge is 2.44. The maximum absolute atomic E-state index is 10.1. The minimum Gasteiger partial charge on any atom is -0.385 e. The third-order valence-corrected chi connectivity index (χ3v) is 5.50. The molecule has 8 nitrogen and oxygen atoms in total. The van der Waals surface area contributed by atoms with Crippen molar-refractivity contribution < 1.29 is 5.11 Å². The molecule has 1 aliphatic carbocycles. The molecule has 0 amide bonds. The predicted molar refractivity (Wildman–Crippen MR) is 108 cm³/mol. The highest BCUT2D eigenvalue weighted by molar-refractivity contribution is 5.76. The highest BCUT2D eigenvalue weighted by atomic mass is 16.3. The minimum atomic E-state index is -0.733. The van der Waals surface area contributed by atoms with E-state index in [1.54, 1.807) is 18.5 Å². The molecule has 4 aromatic rings. The van der Waals surface area contributed by atoms with E-state index in [2.05, 4.69) is 37.7 Å². The summed E-state index contributed by atoms with van der Waals surface area (Å²) in [6.45, 7) is 5.36. The van der Waals surface area contributed by atoms with Gasteiger partial charge in [0, 0.05) is 24.9 Å². The smallest absolute Gasteiger partial charge is 0.162 e. The van der Waals surface area contributed by atoms with Crippen LogP contribution in [0.3, 0.4) is 0 Å². The average Bonchev–Trinajstić information content (AvgIpc) is 3.28. The first kappa shape index (κ1) is 17.9. The first-order chi connectivity index (χ1) is 13.9. The zero-order valence-corrected chi connectivity index (χ0v) is 16.9. The molecule has 1 fully saturated rings. The number of para-hydroxylation sites is 2. The van der Waals surface area contributed by atoms with Crippen LogP contribution in [0.4, 0.5) is 0 Å². The van der Waals surface area contributed by atoms with Gasteiger partial charge in [0.1, 0.15) is 23.6 Å². The number of fused-ring (bicyclic) bond motifs is 1. The number of aryl methyl sites for hydroxylation is 3. The molecule has 1 unspecified atom stereocenters. The first-order valence-electron chi connectivity index (χ1n) is 9.81. The lowest BCUT2D eigenvalue weighted by atomic mass is 10.2. The number of hydrogen-bond donors (Lipinski definition) is 1. The van der Waals surface area contributed by atoms with Crippen LogP contribution < -0.4 is 0 Å². The number of benzene rings is 1. The molecule has 0 spiro atoms. The minimum absolute atomic E-state index is 0.297. The van der Waals surface area contributed by atoms with Gasteiger partial charge in [-0.2, -0.15) is 4.68 Å². The fourth-order valence-corrected chi connectivity index (χ4v) is 4.05. The Bertz CT molecular complexity index is 1220. The van der Waals surface area contributed by atoms with E-state index in [0.717, 1.165) is 29.0 Å². The SMILES string of the molecule is Cc1nc([C@@H]2CC2c2nc3ccccc3n2C)cc(-n2nc(C)nc2[C@H](C)O)n1. The number of aliphatic hydroxyl groups excluding tert-OH is 1. The zero-order chi connectivity index (χ0) is 20.3. The molecule has 0 bridgehead atoms. The Morgan fingerprint density at radius 1 is 1.03 bits per heavy atom. The molecule has 148 valence electrons. The lowest BCUT2D eigenvalue weighted by Gasteiger charge is -2.09. The summed E-state index contributed by atoms with van der Waals surface area (Å²) in [4.78, 5) is 18.4.